The lowest BCUT2D eigenvalue weighted by atomic mass is 10.2. The molecule has 0 aliphatic heterocycles. The van der Waals surface area contributed by atoms with Gasteiger partial charge in [0.2, 0.25) is 0 Å². The number of sulfonamides is 1. The first kappa shape index (κ1) is 18.2. The van der Waals surface area contributed by atoms with Crippen LogP contribution in [-0.4, -0.2) is 13.4 Å². The molecule has 0 amide bonds. The van der Waals surface area contributed by atoms with Gasteiger partial charge in [0.1, 0.15) is 4.90 Å². The summed E-state index contributed by atoms with van der Waals surface area (Å²) in [4.78, 5) is 4.27. The van der Waals surface area contributed by atoms with Gasteiger partial charge in [0.25, 0.3) is 10.0 Å². The van der Waals surface area contributed by atoms with Crippen molar-refractivity contribution in [2.24, 2.45) is 0 Å². The molecule has 0 unspecified atom stereocenters. The van der Waals surface area contributed by atoms with Gasteiger partial charge in [-0.05, 0) is 60.5 Å². The molecule has 26 heavy (non-hydrogen) atoms. The number of pyridine rings is 1. The monoisotopic (exact) mass is 384 g/mol. The van der Waals surface area contributed by atoms with E-state index in [1.807, 2.05) is 43.3 Å². The molecule has 0 saturated heterocycles. The van der Waals surface area contributed by atoms with Crippen molar-refractivity contribution in [2.45, 2.75) is 11.8 Å². The normalized spacial score (nSPS) is 11.6. The van der Waals surface area contributed by atoms with Gasteiger partial charge >= 0.3 is 0 Å². The number of anilines is 1. The molecule has 4 nitrogen and oxygen atoms in total. The van der Waals surface area contributed by atoms with Crippen molar-refractivity contribution in [2.75, 3.05) is 4.72 Å². The van der Waals surface area contributed by atoms with Crippen LogP contribution in [0.1, 0.15) is 16.8 Å². The summed E-state index contributed by atoms with van der Waals surface area (Å²) in [5, 5.41) is 0.198. The summed E-state index contributed by atoms with van der Waals surface area (Å²) in [6, 6.07) is 17.6. The molecule has 0 spiro atoms. The average Bonchev–Trinajstić information content (AvgIpc) is 2.60. The third kappa shape index (κ3) is 4.50. The lowest BCUT2D eigenvalue weighted by Gasteiger charge is -2.10. The first-order valence-electron chi connectivity index (χ1n) is 7.92. The van der Waals surface area contributed by atoms with Crippen molar-refractivity contribution < 1.29 is 8.42 Å². The summed E-state index contributed by atoms with van der Waals surface area (Å²) in [7, 11) is -3.76. The van der Waals surface area contributed by atoms with Gasteiger partial charge in [-0.25, -0.2) is 8.42 Å². The molecule has 1 aromatic heterocycles. The maximum absolute atomic E-state index is 12.6. The third-order valence-corrected chi connectivity index (χ3v) is 5.51. The highest BCUT2D eigenvalue weighted by molar-refractivity contribution is 7.92. The predicted molar refractivity (Wildman–Crippen MR) is 107 cm³/mol. The minimum Gasteiger partial charge on any atom is -0.280 e. The van der Waals surface area contributed by atoms with Crippen molar-refractivity contribution in [3.8, 4) is 0 Å². The Bertz CT molecular complexity index is 1050. The predicted octanol–water partition coefficient (Wildman–Crippen LogP) is 5.01. The lowest BCUT2D eigenvalue weighted by Crippen LogP contribution is -2.13. The number of nitrogens with zero attached hydrogens (tertiary/aromatic N) is 1. The Balaban J connectivity index is 1.83. The molecule has 2 aromatic carbocycles. The van der Waals surface area contributed by atoms with Gasteiger partial charge in [0, 0.05) is 11.9 Å². The molecular formula is C20H17ClN2O2S. The van der Waals surface area contributed by atoms with Gasteiger partial charge in [-0.3, -0.25) is 9.71 Å². The first-order valence-corrected chi connectivity index (χ1v) is 9.78. The third-order valence-electron chi connectivity index (χ3n) is 3.65. The van der Waals surface area contributed by atoms with Crippen LogP contribution in [0.4, 0.5) is 5.69 Å². The fraction of sp³-hybridized carbons (Fsp3) is 0.0500. The number of benzene rings is 2. The van der Waals surface area contributed by atoms with E-state index < -0.39 is 10.0 Å². The molecule has 132 valence electrons. The van der Waals surface area contributed by atoms with Crippen molar-refractivity contribution in [1.29, 1.82) is 0 Å². The molecule has 3 rings (SSSR count). The molecule has 0 bridgehead atoms. The minimum absolute atomic E-state index is 0.0548. The summed E-state index contributed by atoms with van der Waals surface area (Å²) < 4.78 is 27.8. The van der Waals surface area contributed by atoms with Gasteiger partial charge in [0.05, 0.1) is 10.7 Å². The van der Waals surface area contributed by atoms with E-state index in [1.165, 1.54) is 6.07 Å². The van der Waals surface area contributed by atoms with Crippen LogP contribution in [-0.2, 0) is 10.0 Å². The second kappa shape index (κ2) is 7.72. The quantitative estimate of drug-likeness (QED) is 0.672. The van der Waals surface area contributed by atoms with Crippen molar-refractivity contribution in [1.82, 2.24) is 4.98 Å². The first-order chi connectivity index (χ1) is 12.4. The molecule has 0 atom stereocenters. The molecule has 0 aliphatic carbocycles. The van der Waals surface area contributed by atoms with Crippen LogP contribution in [0.3, 0.4) is 0 Å². The van der Waals surface area contributed by atoms with Gasteiger partial charge in [-0.15, -0.1) is 0 Å². The van der Waals surface area contributed by atoms with E-state index in [-0.39, 0.29) is 9.92 Å². The second-order valence-corrected chi connectivity index (χ2v) is 7.81. The van der Waals surface area contributed by atoms with Crippen LogP contribution in [0.5, 0.6) is 0 Å². The summed E-state index contributed by atoms with van der Waals surface area (Å²) in [5.41, 5.74) is 3.04. The molecule has 6 heteroatoms. The number of aromatic nitrogens is 1. The van der Waals surface area contributed by atoms with E-state index in [1.54, 1.807) is 36.5 Å². The lowest BCUT2D eigenvalue weighted by molar-refractivity contribution is 0.601. The Morgan fingerprint density at radius 1 is 1.00 bits per heavy atom. The Morgan fingerprint density at radius 2 is 1.85 bits per heavy atom. The maximum atomic E-state index is 12.6. The Morgan fingerprint density at radius 3 is 2.58 bits per heavy atom. The van der Waals surface area contributed by atoms with E-state index in [9.17, 15) is 8.42 Å². The zero-order valence-electron chi connectivity index (χ0n) is 14.1. The average molecular weight is 385 g/mol. The standard InChI is InChI=1S/C20H17ClN2O2S/c1-15-8-11-20(19(21)13-15)26(24,25)23-18-7-4-5-16(14-18)9-10-17-6-2-3-12-22-17/h2-14,23H,1H3/b10-9+. The van der Waals surface area contributed by atoms with Gasteiger partial charge in [0.15, 0.2) is 0 Å². The maximum Gasteiger partial charge on any atom is 0.263 e. The van der Waals surface area contributed by atoms with Crippen LogP contribution < -0.4 is 4.72 Å². The zero-order valence-corrected chi connectivity index (χ0v) is 15.6. The number of rotatable bonds is 5. The number of nitrogens with one attached hydrogen (secondary N) is 1. The largest absolute Gasteiger partial charge is 0.280 e. The number of halogens is 1. The zero-order chi connectivity index (χ0) is 18.6. The number of hydrogen-bond acceptors (Lipinski definition) is 3. The second-order valence-electron chi connectivity index (χ2n) is 5.75. The highest BCUT2D eigenvalue weighted by Crippen LogP contribution is 2.25. The van der Waals surface area contributed by atoms with Crippen molar-refractivity contribution >= 4 is 39.5 Å². The van der Waals surface area contributed by atoms with E-state index >= 15 is 0 Å². The number of hydrogen-bond donors (Lipinski definition) is 1. The van der Waals surface area contributed by atoms with Crippen LogP contribution in [0.2, 0.25) is 5.02 Å². The summed E-state index contributed by atoms with van der Waals surface area (Å²) in [6.45, 7) is 1.85. The topological polar surface area (TPSA) is 59.1 Å². The Kier molecular flexibility index (Phi) is 5.40. The smallest absolute Gasteiger partial charge is 0.263 e. The number of aryl methyl sites for hydroxylation is 1. The molecule has 0 saturated carbocycles. The highest BCUT2D eigenvalue weighted by atomic mass is 35.5. The van der Waals surface area contributed by atoms with E-state index in [0.717, 1.165) is 16.8 Å². The molecule has 1 N–H and O–H groups in total. The van der Waals surface area contributed by atoms with Gasteiger partial charge in [-0.2, -0.15) is 0 Å². The van der Waals surface area contributed by atoms with Crippen LogP contribution in [0, 0.1) is 6.92 Å². The van der Waals surface area contributed by atoms with E-state index in [2.05, 4.69) is 9.71 Å². The van der Waals surface area contributed by atoms with E-state index in [0.29, 0.717) is 5.69 Å². The summed E-state index contributed by atoms with van der Waals surface area (Å²) in [5.74, 6) is 0. The summed E-state index contributed by atoms with van der Waals surface area (Å²) >= 11 is 6.09. The molecule has 1 heterocycles. The van der Waals surface area contributed by atoms with Crippen LogP contribution in [0.25, 0.3) is 12.2 Å². The van der Waals surface area contributed by atoms with Gasteiger partial charge in [-0.1, -0.05) is 41.9 Å². The molecule has 3 aromatic rings. The highest BCUT2D eigenvalue weighted by Gasteiger charge is 2.18. The van der Waals surface area contributed by atoms with Crippen molar-refractivity contribution in [3.63, 3.8) is 0 Å². The molecular weight excluding hydrogens is 368 g/mol. The molecule has 0 radical (unpaired) electrons. The van der Waals surface area contributed by atoms with Crippen LogP contribution >= 0.6 is 11.6 Å². The molecule has 0 aliphatic rings. The van der Waals surface area contributed by atoms with Crippen molar-refractivity contribution in [3.05, 3.63) is 88.7 Å². The fourth-order valence-corrected chi connectivity index (χ4v) is 4.05. The fourth-order valence-electron chi connectivity index (χ4n) is 2.40. The minimum atomic E-state index is -3.76. The Labute approximate surface area is 158 Å². The van der Waals surface area contributed by atoms with E-state index in [4.69, 9.17) is 11.6 Å². The SMILES string of the molecule is Cc1ccc(S(=O)(=O)Nc2cccc(/C=C/c3ccccn3)c2)c(Cl)c1. The molecule has 0 fully saturated rings. The van der Waals surface area contributed by atoms with Crippen LogP contribution in [0.15, 0.2) is 71.8 Å². The summed E-state index contributed by atoms with van der Waals surface area (Å²) in [6.07, 6.45) is 5.46. The van der Waals surface area contributed by atoms with Gasteiger partial charge < -0.3 is 0 Å². The Hall–Kier alpha value is -2.63.